The topological polar surface area (TPSA) is 86.8 Å². The SMILES string of the molecule is CCCNC(=O)[C@@H](CC)N(Cc1ccccc1Cl)C(=O)CCCN(c1cc(C)ccc1C)S(C)(=O)=O. The smallest absolute Gasteiger partial charge is 0.242 e. The van der Waals surface area contributed by atoms with Gasteiger partial charge in [-0.1, -0.05) is 55.8 Å². The van der Waals surface area contributed by atoms with Crippen LogP contribution in [0.25, 0.3) is 0 Å². The third-order valence-corrected chi connectivity index (χ3v) is 7.57. The zero-order valence-corrected chi connectivity index (χ0v) is 23.5. The highest BCUT2D eigenvalue weighted by Gasteiger charge is 2.29. The van der Waals surface area contributed by atoms with Crippen molar-refractivity contribution in [1.29, 1.82) is 0 Å². The molecule has 1 atom stereocenters. The number of nitrogens with one attached hydrogen (secondary N) is 1. The molecule has 0 fully saturated rings. The summed E-state index contributed by atoms with van der Waals surface area (Å²) in [6.45, 7) is 8.50. The number of anilines is 1. The normalized spacial score (nSPS) is 12.2. The Kier molecular flexibility index (Phi) is 11.2. The molecule has 2 amide bonds. The average Bonchev–Trinajstić information content (AvgIpc) is 2.82. The van der Waals surface area contributed by atoms with E-state index in [1.807, 2.05) is 64.1 Å². The Labute approximate surface area is 220 Å². The Morgan fingerprint density at radius 2 is 1.78 bits per heavy atom. The maximum Gasteiger partial charge on any atom is 0.242 e. The van der Waals surface area contributed by atoms with Crippen molar-refractivity contribution in [2.45, 2.75) is 66.0 Å². The number of hydrogen-bond donors (Lipinski definition) is 1. The molecule has 2 aromatic carbocycles. The summed E-state index contributed by atoms with van der Waals surface area (Å²) in [6.07, 6.45) is 2.82. The fraction of sp³-hybridized carbons (Fsp3) is 0.481. The number of rotatable bonds is 13. The molecule has 0 aromatic heterocycles. The van der Waals surface area contributed by atoms with Crippen molar-refractivity contribution < 1.29 is 18.0 Å². The molecule has 0 saturated carbocycles. The first-order valence-corrected chi connectivity index (χ1v) is 14.6. The standard InChI is InChI=1S/C27H38ClN3O4S/c1-6-16-29-27(33)24(7-2)30(19-22-11-8-9-12-23(22)28)26(32)13-10-17-31(36(5,34)35)25-18-20(3)14-15-21(25)4/h8-9,11-12,14-15,18,24H,6-7,10,13,16-17,19H2,1-5H3,(H,29,33)/t24-/m1/s1. The first-order valence-electron chi connectivity index (χ1n) is 12.3. The van der Waals surface area contributed by atoms with E-state index in [2.05, 4.69) is 5.32 Å². The minimum atomic E-state index is -3.55. The van der Waals surface area contributed by atoms with Gasteiger partial charge >= 0.3 is 0 Å². The summed E-state index contributed by atoms with van der Waals surface area (Å²) in [5, 5.41) is 3.42. The summed E-state index contributed by atoms with van der Waals surface area (Å²) in [5.74, 6) is -0.421. The van der Waals surface area contributed by atoms with E-state index in [0.29, 0.717) is 30.1 Å². The van der Waals surface area contributed by atoms with E-state index in [0.717, 1.165) is 23.1 Å². The Hall–Kier alpha value is -2.58. The molecule has 0 heterocycles. The van der Waals surface area contributed by atoms with Crippen LogP contribution < -0.4 is 9.62 Å². The van der Waals surface area contributed by atoms with Crippen LogP contribution in [0.3, 0.4) is 0 Å². The first-order chi connectivity index (χ1) is 17.0. The molecule has 9 heteroatoms. The Bertz CT molecular complexity index is 1150. The van der Waals surface area contributed by atoms with Gasteiger partial charge in [0.15, 0.2) is 0 Å². The zero-order chi connectivity index (χ0) is 26.9. The summed E-state index contributed by atoms with van der Waals surface area (Å²) in [4.78, 5) is 27.9. The Balaban J connectivity index is 2.25. The molecular formula is C27H38ClN3O4S. The molecule has 0 aliphatic heterocycles. The van der Waals surface area contributed by atoms with Crippen LogP contribution in [0, 0.1) is 13.8 Å². The molecule has 198 valence electrons. The fourth-order valence-electron chi connectivity index (χ4n) is 4.07. The van der Waals surface area contributed by atoms with E-state index in [1.165, 1.54) is 10.6 Å². The second-order valence-corrected chi connectivity index (χ2v) is 11.4. The van der Waals surface area contributed by atoms with Gasteiger partial charge in [0.05, 0.1) is 11.9 Å². The molecule has 0 saturated heterocycles. The third kappa shape index (κ3) is 8.23. The average molecular weight is 536 g/mol. The van der Waals surface area contributed by atoms with E-state index >= 15 is 0 Å². The number of carbonyl (C=O) groups is 2. The van der Waals surface area contributed by atoms with Gasteiger partial charge in [0, 0.05) is 31.1 Å². The van der Waals surface area contributed by atoms with Gasteiger partial charge in [0.25, 0.3) is 0 Å². The maximum atomic E-state index is 13.5. The van der Waals surface area contributed by atoms with Crippen molar-refractivity contribution in [3.8, 4) is 0 Å². The van der Waals surface area contributed by atoms with Crippen LogP contribution in [-0.2, 0) is 26.2 Å². The minimum absolute atomic E-state index is 0.0961. The lowest BCUT2D eigenvalue weighted by Gasteiger charge is -2.31. The Morgan fingerprint density at radius 1 is 1.08 bits per heavy atom. The number of benzene rings is 2. The highest BCUT2D eigenvalue weighted by atomic mass is 35.5. The van der Waals surface area contributed by atoms with Gasteiger partial charge in [-0.25, -0.2) is 8.42 Å². The molecule has 1 N–H and O–H groups in total. The quantitative estimate of drug-likeness (QED) is 0.398. The van der Waals surface area contributed by atoms with E-state index in [9.17, 15) is 18.0 Å². The summed E-state index contributed by atoms with van der Waals surface area (Å²) < 4.78 is 26.5. The van der Waals surface area contributed by atoms with Gasteiger partial charge in [0.2, 0.25) is 21.8 Å². The first kappa shape index (κ1) is 29.6. The van der Waals surface area contributed by atoms with Gasteiger partial charge in [-0.2, -0.15) is 0 Å². The van der Waals surface area contributed by atoms with Crippen LogP contribution in [0.2, 0.25) is 5.02 Å². The van der Waals surface area contributed by atoms with Crippen LogP contribution >= 0.6 is 11.6 Å². The van der Waals surface area contributed by atoms with Crippen LogP contribution in [0.4, 0.5) is 5.69 Å². The lowest BCUT2D eigenvalue weighted by atomic mass is 10.1. The summed E-state index contributed by atoms with van der Waals surface area (Å²) >= 11 is 6.36. The fourth-order valence-corrected chi connectivity index (χ4v) is 5.28. The highest BCUT2D eigenvalue weighted by Crippen LogP contribution is 2.25. The van der Waals surface area contributed by atoms with Gasteiger partial charge in [-0.05, 0) is 61.9 Å². The second-order valence-electron chi connectivity index (χ2n) is 9.06. The van der Waals surface area contributed by atoms with Crippen molar-refractivity contribution in [2.24, 2.45) is 0 Å². The second kappa shape index (κ2) is 13.7. The molecular weight excluding hydrogens is 498 g/mol. The van der Waals surface area contributed by atoms with Crippen LogP contribution in [0.5, 0.6) is 0 Å². The van der Waals surface area contributed by atoms with Crippen molar-refractivity contribution in [3.05, 3.63) is 64.2 Å². The minimum Gasteiger partial charge on any atom is -0.354 e. The van der Waals surface area contributed by atoms with Gasteiger partial charge in [-0.3, -0.25) is 13.9 Å². The molecule has 0 aliphatic carbocycles. The lowest BCUT2D eigenvalue weighted by Crippen LogP contribution is -2.49. The van der Waals surface area contributed by atoms with Crippen LogP contribution in [0.1, 0.15) is 56.2 Å². The molecule has 0 aliphatic rings. The molecule has 0 bridgehead atoms. The number of halogens is 1. The van der Waals surface area contributed by atoms with E-state index in [1.54, 1.807) is 11.0 Å². The van der Waals surface area contributed by atoms with Gasteiger partial charge in [-0.15, -0.1) is 0 Å². The predicted molar refractivity (Wildman–Crippen MR) is 147 cm³/mol. The van der Waals surface area contributed by atoms with Gasteiger partial charge < -0.3 is 10.2 Å². The predicted octanol–water partition coefficient (Wildman–Crippen LogP) is 4.84. The van der Waals surface area contributed by atoms with E-state index < -0.39 is 16.1 Å². The molecule has 2 aromatic rings. The molecule has 0 radical (unpaired) electrons. The highest BCUT2D eigenvalue weighted by molar-refractivity contribution is 7.92. The number of aryl methyl sites for hydroxylation is 2. The largest absolute Gasteiger partial charge is 0.354 e. The lowest BCUT2D eigenvalue weighted by molar-refractivity contribution is -0.141. The number of sulfonamides is 1. The third-order valence-electron chi connectivity index (χ3n) is 6.02. The number of carbonyl (C=O) groups excluding carboxylic acids is 2. The van der Waals surface area contributed by atoms with Crippen LogP contribution in [0.15, 0.2) is 42.5 Å². The van der Waals surface area contributed by atoms with Gasteiger partial charge in [0.1, 0.15) is 6.04 Å². The number of amides is 2. The van der Waals surface area contributed by atoms with Crippen molar-refractivity contribution in [2.75, 3.05) is 23.7 Å². The zero-order valence-electron chi connectivity index (χ0n) is 21.9. The van der Waals surface area contributed by atoms with Crippen molar-refractivity contribution >= 4 is 39.1 Å². The molecule has 7 nitrogen and oxygen atoms in total. The van der Waals surface area contributed by atoms with Crippen molar-refractivity contribution in [1.82, 2.24) is 10.2 Å². The monoisotopic (exact) mass is 535 g/mol. The van der Waals surface area contributed by atoms with Crippen molar-refractivity contribution in [3.63, 3.8) is 0 Å². The summed E-state index contributed by atoms with van der Waals surface area (Å²) in [5.41, 5.74) is 3.16. The summed E-state index contributed by atoms with van der Waals surface area (Å²) in [6, 6.07) is 12.3. The maximum absolute atomic E-state index is 13.5. The number of hydrogen-bond acceptors (Lipinski definition) is 4. The molecule has 36 heavy (non-hydrogen) atoms. The van der Waals surface area contributed by atoms with Crippen LogP contribution in [-0.4, -0.2) is 50.5 Å². The number of nitrogens with zero attached hydrogens (tertiary/aromatic N) is 2. The Morgan fingerprint density at radius 3 is 2.39 bits per heavy atom. The van der Waals surface area contributed by atoms with E-state index in [-0.39, 0.29) is 31.3 Å². The summed E-state index contributed by atoms with van der Waals surface area (Å²) in [7, 11) is -3.55. The van der Waals surface area contributed by atoms with E-state index in [4.69, 9.17) is 11.6 Å². The molecule has 0 spiro atoms. The molecule has 0 unspecified atom stereocenters. The molecule has 2 rings (SSSR count).